The molecule has 2 nitrogen and oxygen atoms in total. The van der Waals surface area contributed by atoms with Gasteiger partial charge in [-0.2, -0.15) is 0 Å². The quantitative estimate of drug-likeness (QED) is 0.859. The lowest BCUT2D eigenvalue weighted by atomic mass is 10.1. The average molecular weight is 228 g/mol. The zero-order valence-corrected chi connectivity index (χ0v) is 9.85. The van der Waals surface area contributed by atoms with E-state index in [2.05, 4.69) is 25.1 Å². The number of para-hydroxylation sites is 1. The molecule has 0 heterocycles. The Morgan fingerprint density at radius 1 is 1.40 bits per heavy atom. The summed E-state index contributed by atoms with van der Waals surface area (Å²) in [5.41, 5.74) is 8.04. The Kier molecular flexibility index (Phi) is 4.43. The van der Waals surface area contributed by atoms with Gasteiger partial charge in [0.05, 0.1) is 0 Å². The summed E-state index contributed by atoms with van der Waals surface area (Å²) in [5, 5.41) is 0. The maximum Gasteiger partial charge on any atom is 0.125 e. The third-order valence-electron chi connectivity index (χ3n) is 2.62. The summed E-state index contributed by atoms with van der Waals surface area (Å²) in [6.07, 6.45) is 2.62. The van der Waals surface area contributed by atoms with E-state index in [0.717, 1.165) is 11.7 Å². The van der Waals surface area contributed by atoms with E-state index in [1.807, 2.05) is 0 Å². The molecule has 0 radical (unpaired) electrons. The van der Waals surface area contributed by atoms with Crippen LogP contribution in [0.4, 0.5) is 0 Å². The molecule has 0 atom stereocenters. The summed E-state index contributed by atoms with van der Waals surface area (Å²) >= 11 is 0. The van der Waals surface area contributed by atoms with Crippen molar-refractivity contribution in [2.24, 2.45) is 5.73 Å². The molecule has 0 amide bonds. The van der Waals surface area contributed by atoms with Crippen molar-refractivity contribution in [1.29, 1.82) is 0 Å². The van der Waals surface area contributed by atoms with Crippen LogP contribution < -0.4 is 10.5 Å². The Labute approximate surface area is 97.2 Å². The highest BCUT2D eigenvalue weighted by molar-refractivity contribution is 5.85. The minimum Gasteiger partial charge on any atom is -0.492 e. The number of ether oxygens (including phenoxy) is 1. The topological polar surface area (TPSA) is 35.2 Å². The second-order valence-corrected chi connectivity index (χ2v) is 3.90. The van der Waals surface area contributed by atoms with Crippen molar-refractivity contribution in [1.82, 2.24) is 0 Å². The van der Waals surface area contributed by atoms with Gasteiger partial charge in [0.1, 0.15) is 12.4 Å². The maximum atomic E-state index is 5.69. The van der Waals surface area contributed by atoms with Crippen LogP contribution in [0.5, 0.6) is 5.75 Å². The molecule has 0 spiro atoms. The summed E-state index contributed by atoms with van der Waals surface area (Å²) in [7, 11) is 0. The van der Waals surface area contributed by atoms with Gasteiger partial charge in [0, 0.05) is 6.54 Å². The van der Waals surface area contributed by atoms with Gasteiger partial charge in [-0.05, 0) is 36.8 Å². The molecule has 84 valence electrons. The van der Waals surface area contributed by atoms with Gasteiger partial charge in [0.2, 0.25) is 0 Å². The standard InChI is InChI=1S/C12H17NO.ClH/c1-9-3-2-4-11(10-5-6-10)12(9)14-8-7-13;/h2-4,10H,5-8,13H2,1H3;1H. The predicted octanol–water partition coefficient (Wildman–Crippen LogP) is 2.63. The second kappa shape index (κ2) is 5.38. The molecule has 1 aliphatic carbocycles. The van der Waals surface area contributed by atoms with Crippen molar-refractivity contribution in [3.63, 3.8) is 0 Å². The summed E-state index contributed by atoms with van der Waals surface area (Å²) in [6, 6.07) is 6.38. The lowest BCUT2D eigenvalue weighted by Gasteiger charge is -2.12. The van der Waals surface area contributed by atoms with Gasteiger partial charge >= 0.3 is 0 Å². The molecule has 1 saturated carbocycles. The molecular formula is C12H18ClNO. The fourth-order valence-corrected chi connectivity index (χ4v) is 1.75. The number of benzene rings is 1. The first kappa shape index (κ1) is 12.3. The Morgan fingerprint density at radius 2 is 2.13 bits per heavy atom. The largest absolute Gasteiger partial charge is 0.492 e. The number of rotatable bonds is 4. The van der Waals surface area contributed by atoms with Crippen LogP contribution in [-0.2, 0) is 0 Å². The molecule has 0 saturated heterocycles. The first-order chi connectivity index (χ1) is 6.83. The van der Waals surface area contributed by atoms with Crippen molar-refractivity contribution < 1.29 is 4.74 Å². The third-order valence-corrected chi connectivity index (χ3v) is 2.62. The number of hydrogen-bond donors (Lipinski definition) is 1. The molecule has 0 unspecified atom stereocenters. The first-order valence-electron chi connectivity index (χ1n) is 5.25. The minimum absolute atomic E-state index is 0. The van der Waals surface area contributed by atoms with Crippen molar-refractivity contribution >= 4 is 12.4 Å². The van der Waals surface area contributed by atoms with E-state index in [4.69, 9.17) is 10.5 Å². The average Bonchev–Trinajstić information content (AvgIpc) is 2.99. The number of hydrogen-bond acceptors (Lipinski definition) is 2. The summed E-state index contributed by atoms with van der Waals surface area (Å²) < 4.78 is 5.69. The van der Waals surface area contributed by atoms with E-state index in [0.29, 0.717) is 13.2 Å². The Balaban J connectivity index is 0.00000112. The second-order valence-electron chi connectivity index (χ2n) is 3.90. The van der Waals surface area contributed by atoms with E-state index in [1.54, 1.807) is 0 Å². The highest BCUT2D eigenvalue weighted by Crippen LogP contribution is 2.45. The molecule has 0 bridgehead atoms. The lowest BCUT2D eigenvalue weighted by molar-refractivity contribution is 0.322. The van der Waals surface area contributed by atoms with E-state index in [-0.39, 0.29) is 12.4 Å². The van der Waals surface area contributed by atoms with Gasteiger partial charge in [-0.3, -0.25) is 0 Å². The predicted molar refractivity (Wildman–Crippen MR) is 65.0 cm³/mol. The molecule has 1 aliphatic rings. The Bertz CT molecular complexity index is 323. The molecule has 0 aromatic heterocycles. The molecule has 2 rings (SSSR count). The molecule has 1 fully saturated rings. The lowest BCUT2D eigenvalue weighted by Crippen LogP contribution is -2.12. The van der Waals surface area contributed by atoms with Gasteiger partial charge in [0.25, 0.3) is 0 Å². The minimum atomic E-state index is 0. The third kappa shape index (κ3) is 2.86. The summed E-state index contributed by atoms with van der Waals surface area (Å²) in [4.78, 5) is 0. The zero-order chi connectivity index (χ0) is 9.97. The molecular weight excluding hydrogens is 210 g/mol. The van der Waals surface area contributed by atoms with Crippen molar-refractivity contribution in [3.05, 3.63) is 29.3 Å². The molecule has 2 N–H and O–H groups in total. The van der Waals surface area contributed by atoms with Gasteiger partial charge in [0.15, 0.2) is 0 Å². The van der Waals surface area contributed by atoms with Gasteiger partial charge in [-0.1, -0.05) is 18.2 Å². The monoisotopic (exact) mass is 227 g/mol. The molecule has 3 heteroatoms. The van der Waals surface area contributed by atoms with Crippen LogP contribution >= 0.6 is 12.4 Å². The molecule has 15 heavy (non-hydrogen) atoms. The number of nitrogens with two attached hydrogens (primary N) is 1. The van der Waals surface area contributed by atoms with E-state index in [1.165, 1.54) is 24.0 Å². The van der Waals surface area contributed by atoms with Crippen LogP contribution in [0.2, 0.25) is 0 Å². The highest BCUT2D eigenvalue weighted by atomic mass is 35.5. The van der Waals surface area contributed by atoms with E-state index >= 15 is 0 Å². The smallest absolute Gasteiger partial charge is 0.125 e. The van der Waals surface area contributed by atoms with Gasteiger partial charge in [-0.25, -0.2) is 0 Å². The fraction of sp³-hybridized carbons (Fsp3) is 0.500. The van der Waals surface area contributed by atoms with Crippen molar-refractivity contribution in [2.75, 3.05) is 13.2 Å². The molecule has 1 aromatic rings. The summed E-state index contributed by atoms with van der Waals surface area (Å²) in [5.74, 6) is 1.81. The zero-order valence-electron chi connectivity index (χ0n) is 9.03. The fourth-order valence-electron chi connectivity index (χ4n) is 1.75. The van der Waals surface area contributed by atoms with E-state index in [9.17, 15) is 0 Å². The van der Waals surface area contributed by atoms with Gasteiger partial charge in [-0.15, -0.1) is 12.4 Å². The van der Waals surface area contributed by atoms with Crippen LogP contribution in [0.1, 0.15) is 29.9 Å². The normalized spacial score (nSPS) is 14.5. The highest BCUT2D eigenvalue weighted by Gasteiger charge is 2.27. The van der Waals surface area contributed by atoms with Crippen LogP contribution in [0.3, 0.4) is 0 Å². The van der Waals surface area contributed by atoms with Crippen molar-refractivity contribution in [2.45, 2.75) is 25.7 Å². The maximum absolute atomic E-state index is 5.69. The van der Waals surface area contributed by atoms with E-state index < -0.39 is 0 Å². The van der Waals surface area contributed by atoms with Crippen LogP contribution in [0.25, 0.3) is 0 Å². The van der Waals surface area contributed by atoms with Crippen LogP contribution in [0, 0.1) is 6.92 Å². The number of aryl methyl sites for hydroxylation is 1. The Hall–Kier alpha value is -0.730. The molecule has 0 aliphatic heterocycles. The van der Waals surface area contributed by atoms with Crippen molar-refractivity contribution in [3.8, 4) is 5.75 Å². The SMILES string of the molecule is Cc1cccc(C2CC2)c1OCCN.Cl. The van der Waals surface area contributed by atoms with Gasteiger partial charge < -0.3 is 10.5 Å². The summed E-state index contributed by atoms with van der Waals surface area (Å²) in [6.45, 7) is 3.29. The molecule has 1 aromatic carbocycles. The Morgan fingerprint density at radius 3 is 2.73 bits per heavy atom. The first-order valence-corrected chi connectivity index (χ1v) is 5.25. The van der Waals surface area contributed by atoms with Crippen LogP contribution in [0.15, 0.2) is 18.2 Å². The van der Waals surface area contributed by atoms with Crippen LogP contribution in [-0.4, -0.2) is 13.2 Å². The number of halogens is 1.